The van der Waals surface area contributed by atoms with Crippen molar-refractivity contribution >= 4 is 38.0 Å². The molecule has 0 aliphatic rings. The number of fused-ring (bicyclic) bond motifs is 1. The van der Waals surface area contributed by atoms with E-state index in [1.165, 1.54) is 17.4 Å². The van der Waals surface area contributed by atoms with Gasteiger partial charge in [0, 0.05) is 4.88 Å². The summed E-state index contributed by atoms with van der Waals surface area (Å²) < 4.78 is 38.6. The van der Waals surface area contributed by atoms with Crippen LogP contribution in [0.3, 0.4) is 0 Å². The molecule has 0 amide bonds. The molecule has 3 rings (SSSR count). The summed E-state index contributed by atoms with van der Waals surface area (Å²) in [4.78, 5) is 5.35. The molecule has 0 saturated carbocycles. The number of nitrogens with one attached hydrogen (secondary N) is 1. The van der Waals surface area contributed by atoms with Crippen LogP contribution in [-0.4, -0.2) is 4.98 Å². The molecule has 0 radical (unpaired) electrons. The zero-order chi connectivity index (χ0) is 14.2. The first-order valence-electron chi connectivity index (χ1n) is 5.76. The highest BCUT2D eigenvalue weighted by Crippen LogP contribution is 2.34. The van der Waals surface area contributed by atoms with E-state index in [0.717, 1.165) is 21.7 Å². The van der Waals surface area contributed by atoms with Crippen molar-refractivity contribution in [2.24, 2.45) is 0 Å². The Bertz CT molecular complexity index is 717. The number of anilines is 1. The van der Waals surface area contributed by atoms with E-state index in [1.54, 1.807) is 11.3 Å². The predicted molar refractivity (Wildman–Crippen MR) is 76.3 cm³/mol. The van der Waals surface area contributed by atoms with E-state index >= 15 is 0 Å². The molecule has 0 unspecified atom stereocenters. The lowest BCUT2D eigenvalue weighted by atomic mass is 10.2. The molecular formula is C13H9F3N2S2. The van der Waals surface area contributed by atoms with Gasteiger partial charge >= 0.3 is 6.18 Å². The smallest absolute Gasteiger partial charge is 0.357 e. The van der Waals surface area contributed by atoms with Crippen molar-refractivity contribution in [2.45, 2.75) is 12.7 Å². The number of aromatic nitrogens is 1. The summed E-state index contributed by atoms with van der Waals surface area (Å²) in [7, 11) is 0. The van der Waals surface area contributed by atoms with Gasteiger partial charge in [0.2, 0.25) is 0 Å². The summed E-state index contributed by atoms with van der Waals surface area (Å²) in [6, 6.07) is 7.58. The minimum atomic E-state index is -4.33. The monoisotopic (exact) mass is 314 g/mol. The second-order valence-corrected chi connectivity index (χ2v) is 6.20. The van der Waals surface area contributed by atoms with Crippen LogP contribution >= 0.6 is 22.7 Å². The Hall–Kier alpha value is -1.60. The molecular weight excluding hydrogens is 305 g/mol. The number of benzene rings is 1. The lowest BCUT2D eigenvalue weighted by Crippen LogP contribution is -2.04. The van der Waals surface area contributed by atoms with Crippen LogP contribution in [0.1, 0.15) is 10.4 Å². The largest absolute Gasteiger partial charge is 0.416 e. The van der Waals surface area contributed by atoms with E-state index in [-0.39, 0.29) is 0 Å². The Labute approximate surface area is 120 Å². The second-order valence-electron chi connectivity index (χ2n) is 4.13. The molecule has 2 heterocycles. The lowest BCUT2D eigenvalue weighted by Gasteiger charge is -2.04. The molecule has 0 atom stereocenters. The van der Waals surface area contributed by atoms with Crippen molar-refractivity contribution in [1.29, 1.82) is 0 Å². The zero-order valence-electron chi connectivity index (χ0n) is 10.1. The van der Waals surface area contributed by atoms with E-state index in [1.807, 2.05) is 17.5 Å². The highest BCUT2D eigenvalue weighted by Gasteiger charge is 2.30. The number of nitrogens with zero attached hydrogens (tertiary/aromatic N) is 1. The van der Waals surface area contributed by atoms with E-state index in [4.69, 9.17) is 0 Å². The van der Waals surface area contributed by atoms with Crippen LogP contribution in [0, 0.1) is 0 Å². The van der Waals surface area contributed by atoms with Crippen LogP contribution in [0.2, 0.25) is 0 Å². The third-order valence-corrected chi connectivity index (χ3v) is 4.58. The fourth-order valence-electron chi connectivity index (χ4n) is 1.76. The zero-order valence-corrected chi connectivity index (χ0v) is 11.7. The van der Waals surface area contributed by atoms with Gasteiger partial charge in [0.1, 0.15) is 0 Å². The third-order valence-electron chi connectivity index (χ3n) is 2.71. The minimum Gasteiger partial charge on any atom is -0.357 e. The lowest BCUT2D eigenvalue weighted by molar-refractivity contribution is -0.137. The van der Waals surface area contributed by atoms with Crippen LogP contribution in [0.5, 0.6) is 0 Å². The Balaban J connectivity index is 1.83. The maximum absolute atomic E-state index is 12.6. The fraction of sp³-hybridized carbons (Fsp3) is 0.154. The topological polar surface area (TPSA) is 24.9 Å². The predicted octanol–water partition coefficient (Wildman–Crippen LogP) is 4.99. The molecule has 0 aliphatic carbocycles. The van der Waals surface area contributed by atoms with Gasteiger partial charge in [-0.15, -0.1) is 11.3 Å². The minimum absolute atomic E-state index is 0.374. The molecule has 0 saturated heterocycles. The summed E-state index contributed by atoms with van der Waals surface area (Å²) in [6.45, 7) is 0.629. The Kier molecular flexibility index (Phi) is 3.39. The van der Waals surface area contributed by atoms with Gasteiger partial charge in [-0.25, -0.2) is 4.98 Å². The molecule has 1 aromatic carbocycles. The standard InChI is InChI=1S/C13H9F3N2S2/c14-13(15,16)8-3-4-11-10(6-8)18-12(20-11)17-7-9-2-1-5-19-9/h1-6H,7H2,(H,17,18). The summed E-state index contributed by atoms with van der Waals surface area (Å²) in [5, 5.41) is 5.74. The van der Waals surface area contributed by atoms with Crippen molar-refractivity contribution in [3.8, 4) is 0 Å². The number of rotatable bonds is 3. The van der Waals surface area contributed by atoms with Gasteiger partial charge in [-0.3, -0.25) is 0 Å². The SMILES string of the molecule is FC(F)(F)c1ccc2sc(NCc3cccs3)nc2c1. The highest BCUT2D eigenvalue weighted by atomic mass is 32.1. The van der Waals surface area contributed by atoms with Crippen LogP contribution in [-0.2, 0) is 12.7 Å². The number of hydrogen-bond acceptors (Lipinski definition) is 4. The number of thiazole rings is 1. The molecule has 2 aromatic heterocycles. The van der Waals surface area contributed by atoms with Crippen LogP contribution < -0.4 is 5.32 Å². The first-order chi connectivity index (χ1) is 9.52. The molecule has 1 N–H and O–H groups in total. The highest BCUT2D eigenvalue weighted by molar-refractivity contribution is 7.22. The Morgan fingerprint density at radius 1 is 1.20 bits per heavy atom. The number of thiophene rings is 1. The van der Waals surface area contributed by atoms with Gasteiger partial charge in [0.15, 0.2) is 5.13 Å². The van der Waals surface area contributed by atoms with Crippen molar-refractivity contribution in [2.75, 3.05) is 5.32 Å². The number of halogens is 3. The molecule has 104 valence electrons. The molecule has 0 spiro atoms. The first kappa shape index (κ1) is 13.4. The van der Waals surface area contributed by atoms with Crippen molar-refractivity contribution in [1.82, 2.24) is 4.98 Å². The maximum atomic E-state index is 12.6. The van der Waals surface area contributed by atoms with Gasteiger partial charge in [0.25, 0.3) is 0 Å². The average molecular weight is 314 g/mol. The molecule has 20 heavy (non-hydrogen) atoms. The van der Waals surface area contributed by atoms with E-state index in [0.29, 0.717) is 17.2 Å². The molecule has 0 fully saturated rings. The third kappa shape index (κ3) is 2.78. The van der Waals surface area contributed by atoms with Gasteiger partial charge in [0.05, 0.1) is 22.3 Å². The molecule has 0 bridgehead atoms. The van der Waals surface area contributed by atoms with Crippen molar-refractivity contribution < 1.29 is 13.2 Å². The summed E-state index contributed by atoms with van der Waals surface area (Å²) >= 11 is 2.97. The van der Waals surface area contributed by atoms with Crippen LogP contribution in [0.15, 0.2) is 35.7 Å². The maximum Gasteiger partial charge on any atom is 0.416 e. The Morgan fingerprint density at radius 2 is 2.05 bits per heavy atom. The average Bonchev–Trinajstić information content (AvgIpc) is 3.03. The molecule has 7 heteroatoms. The summed E-state index contributed by atoms with van der Waals surface area (Å²) in [5.74, 6) is 0. The summed E-state index contributed by atoms with van der Waals surface area (Å²) in [5.41, 5.74) is -0.293. The van der Waals surface area contributed by atoms with Crippen molar-refractivity contribution in [3.05, 3.63) is 46.2 Å². The van der Waals surface area contributed by atoms with Gasteiger partial charge in [-0.1, -0.05) is 17.4 Å². The van der Waals surface area contributed by atoms with Crippen LogP contribution in [0.25, 0.3) is 10.2 Å². The summed E-state index contributed by atoms with van der Waals surface area (Å²) in [6.07, 6.45) is -4.33. The van der Waals surface area contributed by atoms with Gasteiger partial charge in [-0.2, -0.15) is 13.2 Å². The van der Waals surface area contributed by atoms with Crippen molar-refractivity contribution in [3.63, 3.8) is 0 Å². The normalized spacial score (nSPS) is 11.9. The van der Waals surface area contributed by atoms with E-state index in [2.05, 4.69) is 10.3 Å². The first-order valence-corrected chi connectivity index (χ1v) is 7.46. The Morgan fingerprint density at radius 3 is 2.75 bits per heavy atom. The molecule has 0 aliphatic heterocycles. The second kappa shape index (κ2) is 5.06. The number of alkyl halides is 3. The quantitative estimate of drug-likeness (QED) is 0.737. The fourth-order valence-corrected chi connectivity index (χ4v) is 3.24. The van der Waals surface area contributed by atoms with Crippen LogP contribution in [0.4, 0.5) is 18.3 Å². The van der Waals surface area contributed by atoms with E-state index in [9.17, 15) is 13.2 Å². The van der Waals surface area contributed by atoms with Gasteiger partial charge < -0.3 is 5.32 Å². The number of hydrogen-bond donors (Lipinski definition) is 1. The molecule has 3 aromatic rings. The molecule has 2 nitrogen and oxygen atoms in total. The van der Waals surface area contributed by atoms with E-state index < -0.39 is 11.7 Å². The van der Waals surface area contributed by atoms with Gasteiger partial charge in [-0.05, 0) is 29.6 Å².